The fourth-order valence-corrected chi connectivity index (χ4v) is 1.78. The Balaban J connectivity index is 2.08. The normalized spacial score (nSPS) is 17.4. The van der Waals surface area contributed by atoms with Crippen molar-refractivity contribution < 1.29 is 10.2 Å². The second-order valence-corrected chi connectivity index (χ2v) is 3.82. The van der Waals surface area contributed by atoms with Crippen LogP contribution in [0.15, 0.2) is 0 Å². The highest BCUT2D eigenvalue weighted by Gasteiger charge is 2.23. The van der Waals surface area contributed by atoms with E-state index in [2.05, 4.69) is 10.2 Å². The van der Waals surface area contributed by atoms with E-state index in [-0.39, 0.29) is 13.2 Å². The first-order chi connectivity index (χ1) is 6.88. The van der Waals surface area contributed by atoms with Gasteiger partial charge in [-0.2, -0.15) is 0 Å². The van der Waals surface area contributed by atoms with Crippen LogP contribution in [0, 0.1) is 0 Å². The molecule has 1 rings (SSSR count). The summed E-state index contributed by atoms with van der Waals surface area (Å²) in [5.74, 6) is 0. The molecule has 3 N–H and O–H groups in total. The highest BCUT2D eigenvalue weighted by molar-refractivity contribution is 4.80. The van der Waals surface area contributed by atoms with E-state index in [9.17, 15) is 0 Å². The zero-order valence-corrected chi connectivity index (χ0v) is 8.78. The number of hydrogen-bond donors (Lipinski definition) is 3. The summed E-state index contributed by atoms with van der Waals surface area (Å²) in [4.78, 5) is 2.34. The smallest absolute Gasteiger partial charge is 0.0558 e. The van der Waals surface area contributed by atoms with Crippen molar-refractivity contribution in [3.8, 4) is 0 Å². The second kappa shape index (κ2) is 7.17. The van der Waals surface area contributed by atoms with Gasteiger partial charge in [-0.1, -0.05) is 6.42 Å². The molecule has 0 radical (unpaired) electrons. The molecule has 0 saturated heterocycles. The monoisotopic (exact) mass is 202 g/mol. The van der Waals surface area contributed by atoms with E-state index in [1.165, 1.54) is 19.3 Å². The zero-order chi connectivity index (χ0) is 10.2. The largest absolute Gasteiger partial charge is 0.395 e. The molecule has 4 heteroatoms. The Bertz CT molecular complexity index is 140. The average molecular weight is 202 g/mol. The Morgan fingerprint density at radius 1 is 1.07 bits per heavy atom. The Labute approximate surface area is 85.9 Å². The number of aliphatic hydroxyl groups excluding tert-OH is 2. The third kappa shape index (κ3) is 3.92. The summed E-state index contributed by atoms with van der Waals surface area (Å²) in [6.07, 6.45) is 3.89. The number of nitrogens with one attached hydrogen (secondary N) is 1. The topological polar surface area (TPSA) is 55.7 Å². The molecule has 84 valence electrons. The van der Waals surface area contributed by atoms with Crippen molar-refractivity contribution in [2.24, 2.45) is 0 Å². The number of hydrogen-bond acceptors (Lipinski definition) is 4. The van der Waals surface area contributed by atoms with Crippen LogP contribution in [0.3, 0.4) is 0 Å². The predicted molar refractivity (Wildman–Crippen MR) is 56.3 cm³/mol. The molecule has 1 aliphatic carbocycles. The first kappa shape index (κ1) is 11.9. The minimum atomic E-state index is 0.198. The summed E-state index contributed by atoms with van der Waals surface area (Å²) >= 11 is 0. The summed E-state index contributed by atoms with van der Waals surface area (Å²) in [7, 11) is 0. The maximum atomic E-state index is 8.91. The Hall–Kier alpha value is -0.160. The highest BCUT2D eigenvalue weighted by atomic mass is 16.3. The first-order valence-corrected chi connectivity index (χ1v) is 5.55. The van der Waals surface area contributed by atoms with Crippen LogP contribution in [-0.4, -0.2) is 60.5 Å². The fraction of sp³-hybridized carbons (Fsp3) is 1.00. The van der Waals surface area contributed by atoms with Gasteiger partial charge in [0.2, 0.25) is 0 Å². The minimum absolute atomic E-state index is 0.198. The third-order valence-corrected chi connectivity index (χ3v) is 2.84. The van der Waals surface area contributed by atoms with Gasteiger partial charge in [0.25, 0.3) is 0 Å². The first-order valence-electron chi connectivity index (χ1n) is 5.55. The molecule has 1 aliphatic rings. The molecule has 0 aliphatic heterocycles. The third-order valence-electron chi connectivity index (χ3n) is 2.84. The lowest BCUT2D eigenvalue weighted by Crippen LogP contribution is -2.45. The molecule has 0 spiro atoms. The lowest BCUT2D eigenvalue weighted by molar-refractivity contribution is 0.102. The van der Waals surface area contributed by atoms with Gasteiger partial charge in [0.1, 0.15) is 0 Å². The molecule has 0 heterocycles. The van der Waals surface area contributed by atoms with Crippen molar-refractivity contribution >= 4 is 0 Å². The van der Waals surface area contributed by atoms with Gasteiger partial charge in [-0.25, -0.2) is 0 Å². The van der Waals surface area contributed by atoms with Crippen LogP contribution in [0.4, 0.5) is 0 Å². The van der Waals surface area contributed by atoms with E-state index in [1.807, 2.05) is 0 Å². The van der Waals surface area contributed by atoms with E-state index in [4.69, 9.17) is 10.2 Å². The van der Waals surface area contributed by atoms with Gasteiger partial charge in [-0.05, 0) is 12.8 Å². The summed E-state index contributed by atoms with van der Waals surface area (Å²) in [5.41, 5.74) is 0. The predicted octanol–water partition coefficient (Wildman–Crippen LogP) is -0.585. The molecule has 0 unspecified atom stereocenters. The molecule has 0 aromatic rings. The molecule has 1 saturated carbocycles. The Morgan fingerprint density at radius 3 is 2.36 bits per heavy atom. The molecule has 0 atom stereocenters. The van der Waals surface area contributed by atoms with Crippen LogP contribution in [0.1, 0.15) is 19.3 Å². The molecular formula is C10H22N2O2. The molecule has 14 heavy (non-hydrogen) atoms. The minimum Gasteiger partial charge on any atom is -0.395 e. The lowest BCUT2D eigenvalue weighted by Gasteiger charge is -2.37. The molecule has 1 fully saturated rings. The number of rotatable bonds is 8. The van der Waals surface area contributed by atoms with E-state index < -0.39 is 0 Å². The van der Waals surface area contributed by atoms with Crippen molar-refractivity contribution in [2.75, 3.05) is 39.4 Å². The molecule has 0 amide bonds. The van der Waals surface area contributed by atoms with E-state index >= 15 is 0 Å². The van der Waals surface area contributed by atoms with Crippen LogP contribution >= 0.6 is 0 Å². The molecular weight excluding hydrogens is 180 g/mol. The lowest BCUT2D eigenvalue weighted by atomic mass is 9.91. The van der Waals surface area contributed by atoms with E-state index in [1.54, 1.807) is 0 Å². The standard InChI is InChI=1S/C10H22N2O2/c13-8-5-11-4-6-12(7-9-14)10-2-1-3-10/h10-11,13-14H,1-9H2. The van der Waals surface area contributed by atoms with E-state index in [0.29, 0.717) is 12.6 Å². The van der Waals surface area contributed by atoms with Gasteiger partial charge < -0.3 is 15.5 Å². The van der Waals surface area contributed by atoms with Gasteiger partial charge in [-0.15, -0.1) is 0 Å². The summed E-state index contributed by atoms with van der Waals surface area (Å²) in [5, 5.41) is 20.6. The van der Waals surface area contributed by atoms with Gasteiger partial charge in [0.05, 0.1) is 13.2 Å². The van der Waals surface area contributed by atoms with Gasteiger partial charge >= 0.3 is 0 Å². The quantitative estimate of drug-likeness (QED) is 0.461. The number of nitrogens with zero attached hydrogens (tertiary/aromatic N) is 1. The van der Waals surface area contributed by atoms with Gasteiger partial charge in [0.15, 0.2) is 0 Å². The van der Waals surface area contributed by atoms with Gasteiger partial charge in [0, 0.05) is 32.2 Å². The van der Waals surface area contributed by atoms with Crippen LogP contribution in [0.25, 0.3) is 0 Å². The number of aliphatic hydroxyl groups is 2. The molecule has 4 nitrogen and oxygen atoms in total. The highest BCUT2D eigenvalue weighted by Crippen LogP contribution is 2.23. The molecule has 0 aromatic heterocycles. The van der Waals surface area contributed by atoms with Crippen molar-refractivity contribution in [1.82, 2.24) is 10.2 Å². The van der Waals surface area contributed by atoms with Crippen LogP contribution in [0.2, 0.25) is 0 Å². The van der Waals surface area contributed by atoms with Crippen LogP contribution in [-0.2, 0) is 0 Å². The van der Waals surface area contributed by atoms with Crippen molar-refractivity contribution in [3.05, 3.63) is 0 Å². The average Bonchev–Trinajstić information content (AvgIpc) is 2.10. The molecule has 0 aromatic carbocycles. The SMILES string of the molecule is OCCNCCN(CCO)C1CCC1. The fourth-order valence-electron chi connectivity index (χ4n) is 1.78. The zero-order valence-electron chi connectivity index (χ0n) is 8.78. The Kier molecular flexibility index (Phi) is 6.10. The van der Waals surface area contributed by atoms with Crippen LogP contribution < -0.4 is 5.32 Å². The second-order valence-electron chi connectivity index (χ2n) is 3.82. The Morgan fingerprint density at radius 2 is 1.86 bits per heavy atom. The van der Waals surface area contributed by atoms with Crippen molar-refractivity contribution in [2.45, 2.75) is 25.3 Å². The summed E-state index contributed by atoms with van der Waals surface area (Å²) < 4.78 is 0. The van der Waals surface area contributed by atoms with Crippen molar-refractivity contribution in [3.63, 3.8) is 0 Å². The maximum absolute atomic E-state index is 8.91. The van der Waals surface area contributed by atoms with Crippen LogP contribution in [0.5, 0.6) is 0 Å². The van der Waals surface area contributed by atoms with Crippen molar-refractivity contribution in [1.29, 1.82) is 0 Å². The van der Waals surface area contributed by atoms with Gasteiger partial charge in [-0.3, -0.25) is 4.90 Å². The summed E-state index contributed by atoms with van der Waals surface area (Å²) in [6, 6.07) is 0.693. The van der Waals surface area contributed by atoms with E-state index in [0.717, 1.165) is 19.6 Å². The summed E-state index contributed by atoms with van der Waals surface area (Å²) in [6.45, 7) is 3.77. The maximum Gasteiger partial charge on any atom is 0.0558 e. The molecule has 0 bridgehead atoms.